The molecule has 2 heterocycles. The topological polar surface area (TPSA) is 131 Å². The second-order valence-electron chi connectivity index (χ2n) is 8.07. The van der Waals surface area contributed by atoms with E-state index in [1.54, 1.807) is 0 Å². The van der Waals surface area contributed by atoms with Crippen LogP contribution in [0.1, 0.15) is 41.2 Å². The molecule has 0 amide bonds. The normalized spacial score (nSPS) is 21.7. The van der Waals surface area contributed by atoms with E-state index in [1.807, 2.05) is 6.07 Å². The van der Waals surface area contributed by atoms with Gasteiger partial charge in [0.05, 0.1) is 12.2 Å². The molecule has 15 heteroatoms. The summed E-state index contributed by atoms with van der Waals surface area (Å²) >= 11 is 0. The van der Waals surface area contributed by atoms with Gasteiger partial charge in [-0.1, -0.05) is 6.07 Å². The Hall–Kier alpha value is -3.93. The summed E-state index contributed by atoms with van der Waals surface area (Å²) in [5.74, 6) is -2.16. The maximum absolute atomic E-state index is 14.6. The van der Waals surface area contributed by atoms with E-state index in [9.17, 15) is 35.5 Å². The molecule has 1 aromatic heterocycles. The molecule has 8 nitrogen and oxygen atoms in total. The van der Waals surface area contributed by atoms with Crippen LogP contribution >= 0.6 is 0 Å². The monoisotopic (exact) mass is 533 g/mol. The Bertz CT molecular complexity index is 1240. The summed E-state index contributed by atoms with van der Waals surface area (Å²) in [6.07, 6.45) is -8.30. The van der Waals surface area contributed by atoms with Crippen LogP contribution in [0.3, 0.4) is 0 Å². The Labute approximate surface area is 205 Å². The van der Waals surface area contributed by atoms with Crippen molar-refractivity contribution in [1.82, 2.24) is 9.97 Å². The van der Waals surface area contributed by atoms with Gasteiger partial charge in [-0.05, 0) is 31.5 Å². The number of ketones is 1. The van der Waals surface area contributed by atoms with Crippen molar-refractivity contribution < 1.29 is 45.1 Å². The number of Topliss-reactive ketones (excluding diaryl/α,β-unsaturated/α-hetero) is 1. The lowest BCUT2D eigenvalue weighted by Gasteiger charge is -2.41. The molecule has 0 radical (unpaired) electrons. The van der Waals surface area contributed by atoms with E-state index in [0.29, 0.717) is 5.56 Å². The van der Waals surface area contributed by atoms with Gasteiger partial charge in [0.25, 0.3) is 0 Å². The van der Waals surface area contributed by atoms with Crippen LogP contribution in [-0.2, 0) is 21.5 Å². The van der Waals surface area contributed by atoms with E-state index in [2.05, 4.69) is 15.0 Å². The van der Waals surface area contributed by atoms with Crippen LogP contribution in [-0.4, -0.2) is 52.4 Å². The van der Waals surface area contributed by atoms with Gasteiger partial charge in [-0.3, -0.25) is 14.6 Å². The largest absolute Gasteiger partial charge is 0.446 e. The quantitative estimate of drug-likeness (QED) is 0.361. The molecule has 2 aromatic rings. The first kappa shape index (κ1) is 29.3. The SMILES string of the molecule is C[C@@]1(c2cc(CC(=O)c3ncc(C#N)cn3)ccc2F)CO[C@@](C)(C(F)(F)F)C(N)=N1.O=CC(F)(F)F. The number of benzene rings is 1. The lowest BCUT2D eigenvalue weighted by molar-refractivity contribution is -0.249. The average Bonchev–Trinajstić information content (AvgIpc) is 2.82. The van der Waals surface area contributed by atoms with Gasteiger partial charge in [0.1, 0.15) is 23.3 Å². The molecule has 0 spiro atoms. The second kappa shape index (κ2) is 10.6. The summed E-state index contributed by atoms with van der Waals surface area (Å²) in [6.45, 7) is 1.58. The Balaban J connectivity index is 0.000000717. The fraction of sp³-hybridized carbons (Fsp3) is 0.364. The van der Waals surface area contributed by atoms with Crippen molar-refractivity contribution in [1.29, 1.82) is 5.26 Å². The van der Waals surface area contributed by atoms with Crippen LogP contribution in [0.15, 0.2) is 35.6 Å². The maximum atomic E-state index is 14.6. The minimum atomic E-state index is -4.80. The summed E-state index contributed by atoms with van der Waals surface area (Å²) in [5, 5.41) is 8.76. The zero-order valence-corrected chi connectivity index (χ0v) is 19.1. The van der Waals surface area contributed by atoms with Crippen molar-refractivity contribution in [3.05, 3.63) is 58.9 Å². The smallest absolute Gasteiger partial charge is 0.385 e. The standard InChI is InChI=1S/C20H17F4N5O2.C2HF3O/c1-18(10-31-19(2,17(26)29-18)20(22,23)24)13-5-11(3-4-14(13)21)6-15(30)16-27-8-12(7-25)9-28-16;3-2(4,5)1-6/h3-5,8-9H,6,10H2,1-2H3,(H2,26,29);1H/t18-,19+;/m0./s1. The first-order chi connectivity index (χ1) is 17.0. The number of nitriles is 1. The van der Waals surface area contributed by atoms with E-state index in [4.69, 9.17) is 20.5 Å². The van der Waals surface area contributed by atoms with Crippen LogP contribution in [0.25, 0.3) is 0 Å². The minimum absolute atomic E-state index is 0.0641. The Morgan fingerprint density at radius 2 is 1.76 bits per heavy atom. The number of alkyl halides is 6. The Kier molecular flexibility index (Phi) is 8.39. The van der Waals surface area contributed by atoms with Gasteiger partial charge in [-0.25, -0.2) is 14.4 Å². The van der Waals surface area contributed by atoms with Crippen LogP contribution in [0, 0.1) is 17.1 Å². The molecule has 0 saturated heterocycles. The van der Waals surface area contributed by atoms with Crippen LogP contribution in [0.5, 0.6) is 0 Å². The van der Waals surface area contributed by atoms with E-state index >= 15 is 0 Å². The number of rotatable bonds is 4. The summed E-state index contributed by atoms with van der Waals surface area (Å²) in [7, 11) is 0. The summed E-state index contributed by atoms with van der Waals surface area (Å²) in [5.41, 5.74) is 1.76. The number of hydrogen-bond donors (Lipinski definition) is 1. The lowest BCUT2D eigenvalue weighted by atomic mass is 9.88. The van der Waals surface area contributed by atoms with Gasteiger partial charge >= 0.3 is 12.4 Å². The average molecular weight is 533 g/mol. The molecule has 0 unspecified atom stereocenters. The number of aldehydes is 1. The molecule has 0 fully saturated rings. The highest BCUT2D eigenvalue weighted by Crippen LogP contribution is 2.41. The number of ether oxygens (including phenoxy) is 1. The minimum Gasteiger partial charge on any atom is -0.385 e. The number of nitrogens with zero attached hydrogens (tertiary/aromatic N) is 4. The van der Waals surface area contributed by atoms with E-state index in [0.717, 1.165) is 13.0 Å². The van der Waals surface area contributed by atoms with Crippen LogP contribution in [0.4, 0.5) is 30.7 Å². The molecule has 2 atom stereocenters. The predicted molar refractivity (Wildman–Crippen MR) is 113 cm³/mol. The molecule has 1 aromatic carbocycles. The zero-order chi connectivity index (χ0) is 28.2. The number of nitrogens with two attached hydrogens (primary N) is 1. The molecule has 198 valence electrons. The summed E-state index contributed by atoms with van der Waals surface area (Å²) in [6, 6.07) is 5.61. The second-order valence-corrected chi connectivity index (χ2v) is 8.07. The highest BCUT2D eigenvalue weighted by atomic mass is 19.4. The van der Waals surface area contributed by atoms with Crippen molar-refractivity contribution in [3.8, 4) is 6.07 Å². The van der Waals surface area contributed by atoms with Crippen molar-refractivity contribution in [2.24, 2.45) is 10.7 Å². The van der Waals surface area contributed by atoms with Gasteiger partial charge in [-0.15, -0.1) is 0 Å². The lowest BCUT2D eigenvalue weighted by Crippen LogP contribution is -2.60. The Morgan fingerprint density at radius 3 is 2.22 bits per heavy atom. The fourth-order valence-corrected chi connectivity index (χ4v) is 3.02. The van der Waals surface area contributed by atoms with Crippen LogP contribution < -0.4 is 5.73 Å². The first-order valence-corrected chi connectivity index (χ1v) is 10.1. The molecule has 37 heavy (non-hydrogen) atoms. The van der Waals surface area contributed by atoms with E-state index in [-0.39, 0.29) is 23.4 Å². The van der Waals surface area contributed by atoms with Gasteiger partial charge in [-0.2, -0.15) is 31.6 Å². The third-order valence-electron chi connectivity index (χ3n) is 5.18. The molecule has 3 rings (SSSR count). The number of hydrogen-bond acceptors (Lipinski definition) is 8. The third-order valence-corrected chi connectivity index (χ3v) is 5.18. The third kappa shape index (κ3) is 6.85. The van der Waals surface area contributed by atoms with Crippen molar-refractivity contribution in [2.75, 3.05) is 6.61 Å². The van der Waals surface area contributed by atoms with Crippen LogP contribution in [0.2, 0.25) is 0 Å². The van der Waals surface area contributed by atoms with Gasteiger partial charge in [0.2, 0.25) is 17.7 Å². The highest BCUT2D eigenvalue weighted by Gasteiger charge is 2.59. The molecule has 1 aliphatic rings. The van der Waals surface area contributed by atoms with E-state index < -0.39 is 53.8 Å². The van der Waals surface area contributed by atoms with Crippen molar-refractivity contribution >= 4 is 17.9 Å². The molecule has 0 bridgehead atoms. The first-order valence-electron chi connectivity index (χ1n) is 10.1. The summed E-state index contributed by atoms with van der Waals surface area (Å²) in [4.78, 5) is 32.7. The maximum Gasteiger partial charge on any atom is 0.446 e. The zero-order valence-electron chi connectivity index (χ0n) is 19.1. The molecule has 2 N–H and O–H groups in total. The number of amidine groups is 1. The van der Waals surface area contributed by atoms with Crippen molar-refractivity contribution in [3.63, 3.8) is 0 Å². The van der Waals surface area contributed by atoms with E-state index in [1.165, 1.54) is 31.5 Å². The van der Waals surface area contributed by atoms with Gasteiger partial charge in [0, 0.05) is 24.4 Å². The number of halogens is 7. The van der Waals surface area contributed by atoms with Gasteiger partial charge in [0.15, 0.2) is 5.82 Å². The number of carbonyl (C=O) groups is 2. The molecule has 1 aliphatic heterocycles. The fourth-order valence-electron chi connectivity index (χ4n) is 3.02. The predicted octanol–water partition coefficient (Wildman–Crippen LogP) is 3.58. The number of aliphatic imine (C=N–C) groups is 1. The molecular weight excluding hydrogens is 515 g/mol. The Morgan fingerprint density at radius 1 is 1.19 bits per heavy atom. The summed E-state index contributed by atoms with van der Waals surface area (Å²) < 4.78 is 90.7. The van der Waals surface area contributed by atoms with Gasteiger partial charge < -0.3 is 10.5 Å². The number of aromatic nitrogens is 2. The molecular formula is C22H18F7N5O3. The highest BCUT2D eigenvalue weighted by molar-refractivity contribution is 5.94. The molecule has 0 saturated carbocycles. The van der Waals surface area contributed by atoms with Crippen molar-refractivity contribution in [2.45, 2.75) is 43.8 Å². The number of carbonyl (C=O) groups excluding carboxylic acids is 2. The molecule has 0 aliphatic carbocycles.